The second-order valence-electron chi connectivity index (χ2n) is 12.6. The standard InChI is InChI=1S/C14H28O4.C8H13NO3.C5H12O2/c1-13(2,3)11(12(16)17-6)7-8-18-10-14(4,5)9-15;1-8(2,3)6(9-5-10)7(11)12-4;1-5(2,3-6)4-7/h11,15H,7-10H2,1-6H3;6H,1-4H3;6-7H,3-4H2,1-2H3/t11-;6-;/m11./s1. The van der Waals surface area contributed by atoms with Crippen LogP contribution < -0.4 is 0 Å². The molecular weight excluding hydrogens is 482 g/mol. The topological polar surface area (TPSA) is 152 Å². The van der Waals surface area contributed by atoms with Gasteiger partial charge in [-0.05, 0) is 17.3 Å². The fourth-order valence-corrected chi connectivity index (χ4v) is 2.46. The summed E-state index contributed by atoms with van der Waals surface area (Å²) < 4.78 is 14.8. The highest BCUT2D eigenvalue weighted by atomic mass is 16.5. The van der Waals surface area contributed by atoms with Crippen molar-refractivity contribution >= 4 is 18.0 Å². The number of methoxy groups -OCH3 is 2. The number of aliphatic imine (C=N–C) groups is 1. The van der Waals surface area contributed by atoms with E-state index in [1.807, 2.05) is 34.6 Å². The minimum absolute atomic E-state index is 0.0451. The molecule has 220 valence electrons. The maximum absolute atomic E-state index is 11.7. The summed E-state index contributed by atoms with van der Waals surface area (Å²) in [6.45, 7) is 20.1. The Morgan fingerprint density at radius 2 is 1.19 bits per heavy atom. The molecule has 2 atom stereocenters. The molecule has 0 aliphatic heterocycles. The van der Waals surface area contributed by atoms with Crippen LogP contribution in [0.5, 0.6) is 0 Å². The molecule has 0 aliphatic rings. The van der Waals surface area contributed by atoms with Crippen molar-refractivity contribution in [2.24, 2.45) is 32.6 Å². The van der Waals surface area contributed by atoms with Crippen molar-refractivity contribution in [3.63, 3.8) is 0 Å². The summed E-state index contributed by atoms with van der Waals surface area (Å²) in [5.74, 6) is -0.863. The summed E-state index contributed by atoms with van der Waals surface area (Å²) in [4.78, 5) is 36.1. The van der Waals surface area contributed by atoms with E-state index in [0.29, 0.717) is 19.6 Å². The number of hydrogen-bond donors (Lipinski definition) is 3. The van der Waals surface area contributed by atoms with Gasteiger partial charge in [-0.15, -0.1) is 0 Å². The van der Waals surface area contributed by atoms with Crippen LogP contribution in [0.1, 0.15) is 75.7 Å². The number of aliphatic hydroxyl groups excluding tert-OH is 3. The van der Waals surface area contributed by atoms with Crippen molar-refractivity contribution in [1.82, 2.24) is 0 Å². The monoisotopic (exact) mass is 535 g/mol. The highest BCUT2D eigenvalue weighted by Crippen LogP contribution is 2.30. The first-order valence-electron chi connectivity index (χ1n) is 12.3. The number of hydrogen-bond acceptors (Lipinski definition) is 10. The Morgan fingerprint density at radius 1 is 0.757 bits per heavy atom. The van der Waals surface area contributed by atoms with Crippen LogP contribution in [0.2, 0.25) is 0 Å². The van der Waals surface area contributed by atoms with E-state index < -0.39 is 17.4 Å². The molecule has 0 aromatic carbocycles. The van der Waals surface area contributed by atoms with Crippen molar-refractivity contribution in [2.75, 3.05) is 47.3 Å². The normalized spacial score (nSPS) is 13.5. The quantitative estimate of drug-likeness (QED) is 0.157. The number of aliphatic hydroxyl groups is 3. The third-order valence-electron chi connectivity index (χ3n) is 5.29. The largest absolute Gasteiger partial charge is 0.469 e. The van der Waals surface area contributed by atoms with Gasteiger partial charge in [-0.2, -0.15) is 4.99 Å². The van der Waals surface area contributed by atoms with Crippen molar-refractivity contribution in [3.8, 4) is 0 Å². The molecular formula is C27H53NO9. The Balaban J connectivity index is -0.000000522. The molecule has 0 spiro atoms. The van der Waals surface area contributed by atoms with Gasteiger partial charge < -0.3 is 29.5 Å². The molecule has 3 N–H and O–H groups in total. The fraction of sp³-hybridized carbons (Fsp3) is 0.889. The molecule has 0 heterocycles. The summed E-state index contributed by atoms with van der Waals surface area (Å²) in [5, 5.41) is 26.0. The molecule has 10 heteroatoms. The van der Waals surface area contributed by atoms with Crippen LogP contribution in [0.3, 0.4) is 0 Å². The lowest BCUT2D eigenvalue weighted by molar-refractivity contribution is -0.150. The number of carbonyl (C=O) groups is 2. The van der Waals surface area contributed by atoms with Crippen molar-refractivity contribution in [3.05, 3.63) is 0 Å². The van der Waals surface area contributed by atoms with Gasteiger partial charge >= 0.3 is 11.9 Å². The maximum Gasteiger partial charge on any atom is 0.332 e. The first-order valence-corrected chi connectivity index (χ1v) is 12.3. The van der Waals surface area contributed by atoms with Crippen molar-refractivity contribution in [2.45, 2.75) is 81.7 Å². The minimum Gasteiger partial charge on any atom is -0.469 e. The SMILES string of the molecule is CC(C)(CO)CO.COC(=O)[C@@H](CCOCC(C)(C)CO)C(C)(C)C.COC(=O)[C@@H](N=C=O)C(C)(C)C. The van der Waals surface area contributed by atoms with Gasteiger partial charge in [-0.1, -0.05) is 69.2 Å². The molecule has 0 fully saturated rings. The second-order valence-corrected chi connectivity index (χ2v) is 12.6. The number of carbonyl (C=O) groups excluding carboxylic acids is 3. The van der Waals surface area contributed by atoms with Crippen LogP contribution in [0.4, 0.5) is 0 Å². The zero-order chi connectivity index (χ0) is 30.1. The van der Waals surface area contributed by atoms with Crippen LogP contribution in [0.25, 0.3) is 0 Å². The predicted octanol–water partition coefficient (Wildman–Crippen LogP) is 3.15. The molecule has 0 rings (SSSR count). The predicted molar refractivity (Wildman–Crippen MR) is 143 cm³/mol. The van der Waals surface area contributed by atoms with Gasteiger partial charge in [0, 0.05) is 17.4 Å². The van der Waals surface area contributed by atoms with Crippen molar-refractivity contribution in [1.29, 1.82) is 0 Å². The van der Waals surface area contributed by atoms with Gasteiger partial charge in [-0.25, -0.2) is 9.59 Å². The molecule has 0 aliphatic carbocycles. The van der Waals surface area contributed by atoms with E-state index in [1.165, 1.54) is 20.3 Å². The lowest BCUT2D eigenvalue weighted by Gasteiger charge is -2.29. The highest BCUT2D eigenvalue weighted by molar-refractivity contribution is 5.77. The van der Waals surface area contributed by atoms with Gasteiger partial charge in [0.1, 0.15) is 0 Å². The fourth-order valence-electron chi connectivity index (χ4n) is 2.46. The molecule has 0 aromatic rings. The summed E-state index contributed by atoms with van der Waals surface area (Å²) in [7, 11) is 2.68. The van der Waals surface area contributed by atoms with E-state index >= 15 is 0 Å². The van der Waals surface area contributed by atoms with Crippen LogP contribution in [0, 0.1) is 27.6 Å². The van der Waals surface area contributed by atoms with Crippen LogP contribution in [-0.2, 0) is 28.6 Å². The van der Waals surface area contributed by atoms with Crippen LogP contribution in [0.15, 0.2) is 4.99 Å². The van der Waals surface area contributed by atoms with Gasteiger partial charge in [0.15, 0.2) is 6.04 Å². The molecule has 0 radical (unpaired) electrons. The Labute approximate surface area is 223 Å². The summed E-state index contributed by atoms with van der Waals surface area (Å²) in [6.07, 6.45) is 2.00. The third kappa shape index (κ3) is 19.9. The summed E-state index contributed by atoms with van der Waals surface area (Å²) in [6, 6.07) is -0.764. The first kappa shape index (κ1) is 39.7. The van der Waals surface area contributed by atoms with E-state index in [-0.39, 0.29) is 48.0 Å². The first-order chi connectivity index (χ1) is 16.7. The highest BCUT2D eigenvalue weighted by Gasteiger charge is 2.32. The Kier molecular flexibility index (Phi) is 19.7. The number of ether oxygens (including phenoxy) is 3. The summed E-state index contributed by atoms with van der Waals surface area (Å²) >= 11 is 0. The van der Waals surface area contributed by atoms with E-state index in [9.17, 15) is 14.4 Å². The van der Waals surface area contributed by atoms with Crippen molar-refractivity contribution < 1.29 is 43.9 Å². The lowest BCUT2D eigenvalue weighted by Crippen LogP contribution is -2.33. The third-order valence-corrected chi connectivity index (χ3v) is 5.29. The number of nitrogens with zero attached hydrogens (tertiary/aromatic N) is 1. The van der Waals surface area contributed by atoms with E-state index in [0.717, 1.165) is 0 Å². The van der Waals surface area contributed by atoms with Gasteiger partial charge in [-0.3, -0.25) is 4.79 Å². The van der Waals surface area contributed by atoms with Crippen LogP contribution >= 0.6 is 0 Å². The van der Waals surface area contributed by atoms with Crippen LogP contribution in [-0.4, -0.2) is 86.6 Å². The molecule has 10 nitrogen and oxygen atoms in total. The minimum atomic E-state index is -0.764. The van der Waals surface area contributed by atoms with Gasteiger partial charge in [0.25, 0.3) is 0 Å². The lowest BCUT2D eigenvalue weighted by atomic mass is 9.79. The second kappa shape index (κ2) is 18.4. The van der Waals surface area contributed by atoms with Gasteiger partial charge in [0.05, 0.1) is 46.6 Å². The molecule has 0 aromatic heterocycles. The number of rotatable bonds is 11. The molecule has 37 heavy (non-hydrogen) atoms. The van der Waals surface area contributed by atoms with E-state index in [1.54, 1.807) is 34.6 Å². The zero-order valence-electron chi connectivity index (χ0n) is 25.1. The van der Waals surface area contributed by atoms with E-state index in [2.05, 4.69) is 9.73 Å². The molecule has 0 saturated carbocycles. The van der Waals surface area contributed by atoms with Gasteiger partial charge in [0.2, 0.25) is 6.08 Å². The number of isocyanates is 1. The van der Waals surface area contributed by atoms with E-state index in [4.69, 9.17) is 24.8 Å². The average molecular weight is 536 g/mol. The summed E-state index contributed by atoms with van der Waals surface area (Å²) in [5.41, 5.74) is -1.09. The molecule has 0 unspecified atom stereocenters. The maximum atomic E-state index is 11.7. The Hall–Kier alpha value is -1.84. The Bertz CT molecular complexity index is 679. The zero-order valence-corrected chi connectivity index (χ0v) is 25.1. The average Bonchev–Trinajstić information content (AvgIpc) is 2.80. The molecule has 0 bridgehead atoms. The molecule has 0 saturated heterocycles. The Morgan fingerprint density at radius 3 is 1.46 bits per heavy atom. The molecule has 0 amide bonds. The smallest absolute Gasteiger partial charge is 0.332 e. The number of esters is 2.